The molecule has 0 radical (unpaired) electrons. The van der Waals surface area contributed by atoms with Gasteiger partial charge in [0.15, 0.2) is 5.69 Å². The zero-order chi connectivity index (χ0) is 18.5. The highest BCUT2D eigenvalue weighted by Gasteiger charge is 2.39. The smallest absolute Gasteiger partial charge is 0.433 e. The third kappa shape index (κ3) is 2.66. The summed E-state index contributed by atoms with van der Waals surface area (Å²) in [6.07, 6.45) is -4.68. The minimum Gasteiger partial charge on any atom is -0.508 e. The minimum atomic E-state index is -4.68. The van der Waals surface area contributed by atoms with Crippen molar-refractivity contribution in [3.63, 3.8) is 0 Å². The molecule has 2 aromatic heterocycles. The van der Waals surface area contributed by atoms with Crippen LogP contribution in [0.1, 0.15) is 5.69 Å². The van der Waals surface area contributed by atoms with Crippen molar-refractivity contribution < 1.29 is 23.4 Å². The van der Waals surface area contributed by atoms with Gasteiger partial charge in [0.25, 0.3) is 0 Å². The third-order valence-electron chi connectivity index (χ3n) is 3.79. The van der Waals surface area contributed by atoms with E-state index in [0.717, 1.165) is 22.1 Å². The van der Waals surface area contributed by atoms with Gasteiger partial charge < -0.3 is 10.2 Å². The summed E-state index contributed by atoms with van der Waals surface area (Å²) in [6, 6.07) is 10.6. The Bertz CT molecular complexity index is 1090. The van der Waals surface area contributed by atoms with Crippen molar-refractivity contribution in [2.45, 2.75) is 6.18 Å². The molecule has 5 nitrogen and oxygen atoms in total. The van der Waals surface area contributed by atoms with Crippen molar-refractivity contribution in [3.8, 4) is 33.3 Å². The lowest BCUT2D eigenvalue weighted by Gasteiger charge is -2.08. The Morgan fingerprint density at radius 3 is 2.50 bits per heavy atom. The Kier molecular flexibility index (Phi) is 3.62. The monoisotopic (exact) mass is 377 g/mol. The van der Waals surface area contributed by atoms with Gasteiger partial charge in [-0.3, -0.25) is 5.10 Å². The standard InChI is InChI=1S/C17H10F3N3O2S/c18-17(19,20)15-13(16-21-10-3-1-2-4-12(10)26-16)14(22-23-15)9-6-5-8(24)7-11(9)25/h1-7,24-25H,(H,22,23). The number of phenols is 2. The Labute approximate surface area is 148 Å². The molecule has 0 fully saturated rings. The molecule has 26 heavy (non-hydrogen) atoms. The number of nitrogens with one attached hydrogen (secondary N) is 1. The van der Waals surface area contributed by atoms with Crippen LogP contribution in [0.25, 0.3) is 32.0 Å². The van der Waals surface area contributed by atoms with Crippen LogP contribution in [0.15, 0.2) is 42.5 Å². The molecule has 2 aromatic carbocycles. The average Bonchev–Trinajstić information content (AvgIpc) is 3.17. The molecule has 0 aliphatic carbocycles. The molecule has 4 rings (SSSR count). The number of H-pyrrole nitrogens is 1. The zero-order valence-corrected chi connectivity index (χ0v) is 13.7. The quantitative estimate of drug-likeness (QED) is 0.469. The van der Waals surface area contributed by atoms with E-state index in [-0.39, 0.29) is 33.3 Å². The van der Waals surface area contributed by atoms with Gasteiger partial charge in [-0.05, 0) is 24.3 Å². The van der Waals surface area contributed by atoms with Crippen molar-refractivity contribution in [3.05, 3.63) is 48.2 Å². The number of nitrogens with zero attached hydrogens (tertiary/aromatic N) is 2. The number of alkyl halides is 3. The molecular formula is C17H10F3N3O2S. The highest BCUT2D eigenvalue weighted by atomic mass is 32.1. The fourth-order valence-electron chi connectivity index (χ4n) is 2.65. The van der Waals surface area contributed by atoms with Crippen LogP contribution in [0.5, 0.6) is 11.5 Å². The summed E-state index contributed by atoms with van der Waals surface area (Å²) in [7, 11) is 0. The van der Waals surface area contributed by atoms with Gasteiger partial charge >= 0.3 is 6.18 Å². The normalized spacial score (nSPS) is 12.0. The van der Waals surface area contributed by atoms with Crippen molar-refractivity contribution in [2.75, 3.05) is 0 Å². The third-order valence-corrected chi connectivity index (χ3v) is 4.85. The van der Waals surface area contributed by atoms with Crippen LogP contribution in [0.2, 0.25) is 0 Å². The zero-order valence-electron chi connectivity index (χ0n) is 12.9. The molecule has 2 heterocycles. The molecule has 0 saturated heterocycles. The molecule has 132 valence electrons. The van der Waals surface area contributed by atoms with Gasteiger partial charge in [0.2, 0.25) is 0 Å². The molecule has 0 aliphatic rings. The van der Waals surface area contributed by atoms with Crippen LogP contribution < -0.4 is 0 Å². The number of benzene rings is 2. The first-order chi connectivity index (χ1) is 12.3. The molecular weight excluding hydrogens is 367 g/mol. The fourth-order valence-corrected chi connectivity index (χ4v) is 3.67. The number of aromatic hydroxyl groups is 2. The van der Waals surface area contributed by atoms with Crippen molar-refractivity contribution in [1.82, 2.24) is 15.2 Å². The first kappa shape index (κ1) is 16.4. The summed E-state index contributed by atoms with van der Waals surface area (Å²) in [5.41, 5.74) is -0.737. The highest BCUT2D eigenvalue weighted by molar-refractivity contribution is 7.21. The summed E-state index contributed by atoms with van der Waals surface area (Å²) < 4.78 is 41.2. The van der Waals surface area contributed by atoms with Gasteiger partial charge in [0.1, 0.15) is 22.2 Å². The van der Waals surface area contributed by atoms with Crippen LogP contribution in [-0.2, 0) is 6.18 Å². The number of rotatable bonds is 2. The molecule has 3 N–H and O–H groups in total. The second-order valence-corrected chi connectivity index (χ2v) is 6.54. The van der Waals surface area contributed by atoms with Gasteiger partial charge in [-0.15, -0.1) is 11.3 Å². The topological polar surface area (TPSA) is 82.0 Å². The van der Waals surface area contributed by atoms with Gasteiger partial charge in [0.05, 0.1) is 15.8 Å². The summed E-state index contributed by atoms with van der Waals surface area (Å²) in [5.74, 6) is -0.591. The second kappa shape index (κ2) is 5.73. The van der Waals surface area contributed by atoms with E-state index < -0.39 is 11.9 Å². The van der Waals surface area contributed by atoms with Gasteiger partial charge in [0, 0.05) is 11.6 Å². The summed E-state index contributed by atoms with van der Waals surface area (Å²) in [6.45, 7) is 0. The van der Waals surface area contributed by atoms with E-state index >= 15 is 0 Å². The number of phenolic OH excluding ortho intramolecular Hbond substituents is 2. The Hall–Kier alpha value is -3.07. The van der Waals surface area contributed by atoms with E-state index in [9.17, 15) is 23.4 Å². The van der Waals surface area contributed by atoms with Gasteiger partial charge in [-0.2, -0.15) is 18.3 Å². The van der Waals surface area contributed by atoms with Crippen molar-refractivity contribution in [2.24, 2.45) is 0 Å². The predicted octanol–water partition coefficient (Wildman–Crippen LogP) is 4.78. The van der Waals surface area contributed by atoms with E-state index in [2.05, 4.69) is 10.1 Å². The first-order valence-electron chi connectivity index (χ1n) is 7.38. The molecule has 0 bridgehead atoms. The molecule has 0 saturated carbocycles. The number of aromatic nitrogens is 3. The molecule has 9 heteroatoms. The van der Waals surface area contributed by atoms with Crippen LogP contribution in [0, 0.1) is 0 Å². The Morgan fingerprint density at radius 1 is 1.04 bits per heavy atom. The SMILES string of the molecule is Oc1ccc(-c2n[nH]c(C(F)(F)F)c2-c2nc3ccccc3s2)c(O)c1. The van der Waals surface area contributed by atoms with Crippen molar-refractivity contribution >= 4 is 21.6 Å². The fraction of sp³-hybridized carbons (Fsp3) is 0.0588. The van der Waals surface area contributed by atoms with Crippen LogP contribution >= 0.6 is 11.3 Å². The van der Waals surface area contributed by atoms with Crippen LogP contribution in [-0.4, -0.2) is 25.4 Å². The van der Waals surface area contributed by atoms with Gasteiger partial charge in [-0.25, -0.2) is 4.98 Å². The lowest BCUT2D eigenvalue weighted by Crippen LogP contribution is -2.07. The van der Waals surface area contributed by atoms with E-state index in [4.69, 9.17) is 0 Å². The molecule has 0 aliphatic heterocycles. The highest BCUT2D eigenvalue weighted by Crippen LogP contribution is 2.45. The average molecular weight is 377 g/mol. The number of hydrogen-bond donors (Lipinski definition) is 3. The maximum atomic E-state index is 13.5. The number of thiazole rings is 1. The first-order valence-corrected chi connectivity index (χ1v) is 8.20. The molecule has 0 atom stereocenters. The van der Waals surface area contributed by atoms with Crippen molar-refractivity contribution in [1.29, 1.82) is 0 Å². The minimum absolute atomic E-state index is 0.0591. The lowest BCUT2D eigenvalue weighted by molar-refractivity contribution is -0.140. The summed E-state index contributed by atoms with van der Waals surface area (Å²) in [5, 5.41) is 25.4. The number of para-hydroxylation sites is 1. The van der Waals surface area contributed by atoms with E-state index in [1.54, 1.807) is 24.3 Å². The van der Waals surface area contributed by atoms with Crippen LogP contribution in [0.3, 0.4) is 0 Å². The maximum absolute atomic E-state index is 13.5. The second-order valence-electron chi connectivity index (χ2n) is 5.51. The number of fused-ring (bicyclic) bond motifs is 1. The van der Waals surface area contributed by atoms with E-state index in [0.29, 0.717) is 5.52 Å². The lowest BCUT2D eigenvalue weighted by atomic mass is 10.0. The largest absolute Gasteiger partial charge is 0.508 e. The molecule has 4 aromatic rings. The number of halogens is 3. The molecule has 0 spiro atoms. The number of hydrogen-bond acceptors (Lipinski definition) is 5. The summed E-state index contributed by atoms with van der Waals surface area (Å²) >= 11 is 1.10. The van der Waals surface area contributed by atoms with Gasteiger partial charge in [-0.1, -0.05) is 12.1 Å². The maximum Gasteiger partial charge on any atom is 0.433 e. The Morgan fingerprint density at radius 2 is 1.81 bits per heavy atom. The van der Waals surface area contributed by atoms with E-state index in [1.165, 1.54) is 12.1 Å². The number of aromatic amines is 1. The van der Waals surface area contributed by atoms with Crippen LogP contribution in [0.4, 0.5) is 13.2 Å². The predicted molar refractivity (Wildman–Crippen MR) is 91.0 cm³/mol. The molecule has 0 amide bonds. The Balaban J connectivity index is 2.00. The summed E-state index contributed by atoms with van der Waals surface area (Å²) in [4.78, 5) is 4.29. The molecule has 0 unspecified atom stereocenters. The van der Waals surface area contributed by atoms with E-state index in [1.807, 2.05) is 5.10 Å².